The number of fused-ring (bicyclic) bond motifs is 1. The van der Waals surface area contributed by atoms with E-state index in [-0.39, 0.29) is 17.3 Å². The Kier molecular flexibility index (Phi) is 5.44. The molecule has 2 aromatic carbocycles. The topological polar surface area (TPSA) is 32.7 Å². The maximum absolute atomic E-state index is 13.7. The summed E-state index contributed by atoms with van der Waals surface area (Å²) in [6, 6.07) is 15.4. The molecule has 150 valence electrons. The number of methoxy groups -OCH3 is 1. The average molecular weight is 384 g/mol. The van der Waals surface area contributed by atoms with Crippen LogP contribution in [0, 0.1) is 17.7 Å². The first-order valence-electron chi connectivity index (χ1n) is 10.3. The molecule has 0 amide bonds. The van der Waals surface area contributed by atoms with E-state index in [0.717, 1.165) is 44.5 Å². The van der Waals surface area contributed by atoms with Crippen LogP contribution in [-0.4, -0.2) is 42.4 Å². The van der Waals surface area contributed by atoms with Crippen molar-refractivity contribution in [3.63, 3.8) is 0 Å². The van der Waals surface area contributed by atoms with Crippen molar-refractivity contribution in [2.75, 3.05) is 26.7 Å². The fourth-order valence-corrected chi connectivity index (χ4v) is 5.36. The minimum Gasteiger partial charge on any atom is -0.505 e. The number of hydrogen-bond acceptors (Lipinski definition) is 3. The van der Waals surface area contributed by atoms with E-state index in [4.69, 9.17) is 4.74 Å². The fraction of sp³-hybridized carbons (Fsp3) is 0.500. The van der Waals surface area contributed by atoms with Crippen LogP contribution in [0.4, 0.5) is 4.39 Å². The molecule has 2 fully saturated rings. The van der Waals surface area contributed by atoms with Gasteiger partial charge >= 0.3 is 0 Å². The van der Waals surface area contributed by atoms with Gasteiger partial charge in [0.15, 0.2) is 11.6 Å². The zero-order valence-electron chi connectivity index (χ0n) is 16.8. The van der Waals surface area contributed by atoms with Crippen LogP contribution in [0.2, 0.25) is 0 Å². The maximum atomic E-state index is 13.7. The summed E-state index contributed by atoms with van der Waals surface area (Å²) in [6.45, 7) is 5.25. The second kappa shape index (κ2) is 7.84. The number of halogens is 1. The molecule has 1 saturated heterocycles. The Labute approximate surface area is 167 Å². The van der Waals surface area contributed by atoms with Gasteiger partial charge in [-0.3, -0.25) is 0 Å². The van der Waals surface area contributed by atoms with E-state index in [1.54, 1.807) is 0 Å². The van der Waals surface area contributed by atoms with Crippen LogP contribution in [0.3, 0.4) is 0 Å². The third kappa shape index (κ3) is 3.94. The fourth-order valence-electron chi connectivity index (χ4n) is 5.36. The summed E-state index contributed by atoms with van der Waals surface area (Å²) in [5.74, 6) is 0.777. The Balaban J connectivity index is 1.36. The highest BCUT2D eigenvalue weighted by Gasteiger charge is 2.49. The Bertz CT molecular complexity index is 796. The van der Waals surface area contributed by atoms with Crippen molar-refractivity contribution in [1.29, 1.82) is 0 Å². The molecular weight excluding hydrogens is 353 g/mol. The smallest absolute Gasteiger partial charge is 0.165 e. The molecule has 1 saturated carbocycles. The highest BCUT2D eigenvalue weighted by atomic mass is 19.1. The molecular formula is C24H30FNO2. The lowest BCUT2D eigenvalue weighted by molar-refractivity contribution is -0.0131. The Morgan fingerprint density at radius 1 is 1.14 bits per heavy atom. The van der Waals surface area contributed by atoms with E-state index >= 15 is 0 Å². The lowest BCUT2D eigenvalue weighted by Gasteiger charge is -2.31. The largest absolute Gasteiger partial charge is 0.505 e. The summed E-state index contributed by atoms with van der Waals surface area (Å²) in [6.07, 6.45) is 3.21. The summed E-state index contributed by atoms with van der Waals surface area (Å²) >= 11 is 0. The van der Waals surface area contributed by atoms with Crippen molar-refractivity contribution in [3.05, 3.63) is 65.5 Å². The predicted octanol–water partition coefficient (Wildman–Crippen LogP) is 4.60. The number of benzene rings is 2. The monoisotopic (exact) mass is 383 g/mol. The summed E-state index contributed by atoms with van der Waals surface area (Å²) in [4.78, 5) is 2.52. The molecule has 3 nitrogen and oxygen atoms in total. The summed E-state index contributed by atoms with van der Waals surface area (Å²) < 4.78 is 19.7. The quantitative estimate of drug-likeness (QED) is 0.791. The number of nitrogens with zero attached hydrogens (tertiary/aromatic N) is 1. The minimum absolute atomic E-state index is 0.0333. The Hall–Kier alpha value is -1.91. The standard InChI is InChI=1S/C24H30FNO2/c1-17(19-8-9-23(27)22(25)10-19)14-26-15-20-12-24(28-2,13-21(20)16-26)11-18-6-4-3-5-7-18/h3-10,17,20-21,27H,11-16H2,1-2H3/t17?,20-,21+,24-. The molecule has 1 aliphatic heterocycles. The van der Waals surface area contributed by atoms with Gasteiger partial charge in [-0.15, -0.1) is 0 Å². The molecule has 0 aromatic heterocycles. The maximum Gasteiger partial charge on any atom is 0.165 e. The van der Waals surface area contributed by atoms with Crippen LogP contribution < -0.4 is 0 Å². The van der Waals surface area contributed by atoms with Crippen LogP contribution >= 0.6 is 0 Å². The second-order valence-electron chi connectivity index (χ2n) is 8.81. The highest BCUT2D eigenvalue weighted by molar-refractivity contribution is 5.30. The minimum atomic E-state index is -0.534. The summed E-state index contributed by atoms with van der Waals surface area (Å²) in [7, 11) is 1.86. The molecule has 1 heterocycles. The van der Waals surface area contributed by atoms with Crippen LogP contribution in [0.15, 0.2) is 48.5 Å². The molecule has 4 heteroatoms. The van der Waals surface area contributed by atoms with Crippen LogP contribution in [-0.2, 0) is 11.2 Å². The summed E-state index contributed by atoms with van der Waals surface area (Å²) in [5, 5.41) is 9.40. The normalized spacial score (nSPS) is 28.4. The number of likely N-dealkylation sites (tertiary alicyclic amines) is 1. The first kappa shape index (κ1) is 19.4. The van der Waals surface area contributed by atoms with Gasteiger partial charge in [-0.05, 0) is 53.9 Å². The van der Waals surface area contributed by atoms with Gasteiger partial charge in [0.25, 0.3) is 0 Å². The van der Waals surface area contributed by atoms with Crippen LogP contribution in [0.1, 0.15) is 36.8 Å². The first-order valence-corrected chi connectivity index (χ1v) is 10.3. The Morgan fingerprint density at radius 3 is 2.43 bits per heavy atom. The number of hydrogen-bond donors (Lipinski definition) is 1. The van der Waals surface area contributed by atoms with E-state index in [9.17, 15) is 9.50 Å². The number of rotatable bonds is 6. The molecule has 0 spiro atoms. The zero-order valence-corrected chi connectivity index (χ0v) is 16.8. The molecule has 28 heavy (non-hydrogen) atoms. The molecule has 0 radical (unpaired) electrons. The van der Waals surface area contributed by atoms with E-state index in [2.05, 4.69) is 42.2 Å². The van der Waals surface area contributed by atoms with Crippen molar-refractivity contribution >= 4 is 0 Å². The van der Waals surface area contributed by atoms with Gasteiger partial charge in [0.05, 0.1) is 5.60 Å². The van der Waals surface area contributed by atoms with Crippen molar-refractivity contribution in [1.82, 2.24) is 4.90 Å². The Morgan fingerprint density at radius 2 is 1.82 bits per heavy atom. The van der Waals surface area contributed by atoms with Crippen LogP contribution in [0.5, 0.6) is 5.75 Å². The molecule has 0 bridgehead atoms. The zero-order chi connectivity index (χ0) is 19.7. The van der Waals surface area contributed by atoms with Crippen molar-refractivity contribution in [2.45, 2.75) is 37.7 Å². The SMILES string of the molecule is CO[C@@]1(Cc2ccccc2)C[C@H]2CN(CC(C)c3ccc(O)c(F)c3)C[C@H]2C1. The predicted molar refractivity (Wildman–Crippen MR) is 109 cm³/mol. The second-order valence-corrected chi connectivity index (χ2v) is 8.81. The van der Waals surface area contributed by atoms with E-state index in [1.807, 2.05) is 13.2 Å². The molecule has 1 N–H and O–H groups in total. The third-order valence-corrected chi connectivity index (χ3v) is 6.80. The molecule has 4 rings (SSSR count). The number of aromatic hydroxyl groups is 1. The first-order chi connectivity index (χ1) is 13.5. The lowest BCUT2D eigenvalue weighted by atomic mass is 9.91. The molecule has 2 aromatic rings. The van der Waals surface area contributed by atoms with Gasteiger partial charge in [0, 0.05) is 33.2 Å². The number of phenols is 1. The van der Waals surface area contributed by atoms with Gasteiger partial charge in [-0.2, -0.15) is 0 Å². The highest BCUT2D eigenvalue weighted by Crippen LogP contribution is 2.47. The van der Waals surface area contributed by atoms with E-state index in [0.29, 0.717) is 11.8 Å². The van der Waals surface area contributed by atoms with E-state index < -0.39 is 5.82 Å². The van der Waals surface area contributed by atoms with Gasteiger partial charge in [0.1, 0.15) is 0 Å². The van der Waals surface area contributed by atoms with Gasteiger partial charge in [-0.1, -0.05) is 43.3 Å². The van der Waals surface area contributed by atoms with Crippen molar-refractivity contribution in [2.24, 2.45) is 11.8 Å². The van der Waals surface area contributed by atoms with Gasteiger partial charge in [0.2, 0.25) is 0 Å². The van der Waals surface area contributed by atoms with Crippen molar-refractivity contribution < 1.29 is 14.2 Å². The van der Waals surface area contributed by atoms with Crippen molar-refractivity contribution in [3.8, 4) is 5.75 Å². The van der Waals surface area contributed by atoms with Crippen LogP contribution in [0.25, 0.3) is 0 Å². The van der Waals surface area contributed by atoms with Gasteiger partial charge < -0.3 is 14.7 Å². The molecule has 1 aliphatic carbocycles. The lowest BCUT2D eigenvalue weighted by Crippen LogP contribution is -2.35. The number of phenolic OH excluding ortho intramolecular Hbond substituents is 1. The molecule has 1 unspecified atom stereocenters. The summed E-state index contributed by atoms with van der Waals surface area (Å²) in [5.41, 5.74) is 2.26. The van der Waals surface area contributed by atoms with Gasteiger partial charge in [-0.25, -0.2) is 4.39 Å². The third-order valence-electron chi connectivity index (χ3n) is 6.80. The number of ether oxygens (including phenoxy) is 1. The molecule has 4 atom stereocenters. The van der Waals surface area contributed by atoms with E-state index in [1.165, 1.54) is 17.7 Å². The molecule has 2 aliphatic rings. The average Bonchev–Trinajstić information content (AvgIpc) is 3.20.